The van der Waals surface area contributed by atoms with Crippen molar-refractivity contribution in [2.45, 2.75) is 25.8 Å². The number of carbonyl (C=O) groups is 1. The highest BCUT2D eigenvalue weighted by molar-refractivity contribution is 5.76. The van der Waals surface area contributed by atoms with Gasteiger partial charge in [-0.15, -0.1) is 0 Å². The number of esters is 1. The van der Waals surface area contributed by atoms with Crippen LogP contribution in [0.15, 0.2) is 12.2 Å². The molecule has 1 saturated heterocycles. The van der Waals surface area contributed by atoms with Crippen LogP contribution in [-0.2, 0) is 9.53 Å². The largest absolute Gasteiger partial charge is 0.465 e. The molecule has 0 aliphatic carbocycles. The van der Waals surface area contributed by atoms with E-state index < -0.39 is 0 Å². The van der Waals surface area contributed by atoms with Gasteiger partial charge in [0.2, 0.25) is 0 Å². The smallest absolute Gasteiger partial charge is 0.323 e. The molecule has 12 heavy (non-hydrogen) atoms. The number of piperidine rings is 1. The van der Waals surface area contributed by atoms with E-state index >= 15 is 0 Å². The molecule has 1 aliphatic heterocycles. The van der Waals surface area contributed by atoms with Crippen molar-refractivity contribution in [3.63, 3.8) is 0 Å². The summed E-state index contributed by atoms with van der Waals surface area (Å²) in [6, 6.07) is -0.161. The number of hydrogen-bond acceptors (Lipinski definition) is 3. The summed E-state index contributed by atoms with van der Waals surface area (Å²) >= 11 is 0. The van der Waals surface area contributed by atoms with Gasteiger partial charge in [-0.3, -0.25) is 4.79 Å². The van der Waals surface area contributed by atoms with E-state index in [4.69, 9.17) is 4.74 Å². The molecule has 0 unspecified atom stereocenters. The zero-order chi connectivity index (χ0) is 8.97. The Labute approximate surface area is 72.8 Å². The first-order valence-corrected chi connectivity index (χ1v) is 4.30. The maximum absolute atomic E-state index is 11.2. The summed E-state index contributed by atoms with van der Waals surface area (Å²) in [7, 11) is 0. The highest BCUT2D eigenvalue weighted by atomic mass is 16.5. The van der Waals surface area contributed by atoms with Crippen molar-refractivity contribution in [2.24, 2.45) is 0 Å². The molecule has 1 rings (SSSR count). The van der Waals surface area contributed by atoms with Crippen molar-refractivity contribution in [2.75, 3.05) is 13.2 Å². The fourth-order valence-corrected chi connectivity index (χ4v) is 1.30. The summed E-state index contributed by atoms with van der Waals surface area (Å²) < 4.78 is 4.89. The van der Waals surface area contributed by atoms with Crippen LogP contribution in [0.1, 0.15) is 19.8 Å². The topological polar surface area (TPSA) is 38.3 Å². The molecule has 68 valence electrons. The van der Waals surface area contributed by atoms with Gasteiger partial charge >= 0.3 is 5.97 Å². The van der Waals surface area contributed by atoms with Gasteiger partial charge in [0.1, 0.15) is 6.04 Å². The molecule has 0 saturated carbocycles. The molecule has 0 aromatic heterocycles. The lowest BCUT2D eigenvalue weighted by molar-refractivity contribution is -0.145. The Balaban J connectivity index is 2.40. The van der Waals surface area contributed by atoms with Crippen LogP contribution in [0.4, 0.5) is 0 Å². The first-order valence-electron chi connectivity index (χ1n) is 4.30. The fourth-order valence-electron chi connectivity index (χ4n) is 1.30. The van der Waals surface area contributed by atoms with Crippen LogP contribution >= 0.6 is 0 Å². The van der Waals surface area contributed by atoms with Gasteiger partial charge in [0.15, 0.2) is 0 Å². The summed E-state index contributed by atoms with van der Waals surface area (Å²) in [5.74, 6) is -0.154. The predicted octanol–water partition coefficient (Wildman–Crippen LogP) is 0.858. The van der Waals surface area contributed by atoms with Gasteiger partial charge in [-0.05, 0) is 26.3 Å². The second-order valence-corrected chi connectivity index (χ2v) is 2.96. The van der Waals surface area contributed by atoms with E-state index in [9.17, 15) is 4.79 Å². The molecular formula is C9H15NO2. The molecule has 1 N–H and O–H groups in total. The second-order valence-electron chi connectivity index (χ2n) is 2.96. The van der Waals surface area contributed by atoms with Gasteiger partial charge in [0.25, 0.3) is 0 Å². The van der Waals surface area contributed by atoms with Crippen LogP contribution < -0.4 is 5.32 Å². The lowest BCUT2D eigenvalue weighted by atomic mass is 10.0. The van der Waals surface area contributed by atoms with Crippen molar-refractivity contribution >= 4 is 5.97 Å². The monoisotopic (exact) mass is 169 g/mol. The molecule has 1 heterocycles. The van der Waals surface area contributed by atoms with Crippen molar-refractivity contribution in [1.82, 2.24) is 5.32 Å². The minimum atomic E-state index is -0.161. The van der Waals surface area contributed by atoms with Gasteiger partial charge in [-0.1, -0.05) is 12.2 Å². The summed E-state index contributed by atoms with van der Waals surface area (Å²) in [6.07, 6.45) is 1.69. The highest BCUT2D eigenvalue weighted by Crippen LogP contribution is 2.13. The molecule has 3 nitrogen and oxygen atoms in total. The van der Waals surface area contributed by atoms with E-state index in [1.54, 1.807) is 0 Å². The third kappa shape index (κ3) is 2.34. The third-order valence-electron chi connectivity index (χ3n) is 1.93. The van der Waals surface area contributed by atoms with Crippen molar-refractivity contribution < 1.29 is 9.53 Å². The normalized spacial score (nSPS) is 23.8. The van der Waals surface area contributed by atoms with Crippen LogP contribution in [-0.4, -0.2) is 25.2 Å². The molecule has 0 aromatic carbocycles. The molecule has 1 atom stereocenters. The zero-order valence-electron chi connectivity index (χ0n) is 7.43. The SMILES string of the molecule is C=C1CCN[C@H](C(=O)OCC)C1. The highest BCUT2D eigenvalue weighted by Gasteiger charge is 2.22. The van der Waals surface area contributed by atoms with Gasteiger partial charge in [0.05, 0.1) is 6.61 Å². The van der Waals surface area contributed by atoms with Crippen molar-refractivity contribution in [3.8, 4) is 0 Å². The molecule has 0 spiro atoms. The standard InChI is InChI=1S/C9H15NO2/c1-3-12-9(11)8-6-7(2)4-5-10-8/h8,10H,2-6H2,1H3/t8-/m0/s1. The van der Waals surface area contributed by atoms with Gasteiger partial charge in [0, 0.05) is 0 Å². The second kappa shape index (κ2) is 4.26. The maximum atomic E-state index is 11.2. The number of hydrogen-bond donors (Lipinski definition) is 1. The van der Waals surface area contributed by atoms with E-state index in [1.807, 2.05) is 6.92 Å². The van der Waals surface area contributed by atoms with Crippen LogP contribution in [0, 0.1) is 0 Å². The molecule has 0 aromatic rings. The van der Waals surface area contributed by atoms with Gasteiger partial charge < -0.3 is 10.1 Å². The zero-order valence-corrected chi connectivity index (χ0v) is 7.43. The van der Waals surface area contributed by atoms with E-state index in [0.29, 0.717) is 6.61 Å². The van der Waals surface area contributed by atoms with E-state index in [-0.39, 0.29) is 12.0 Å². The molecule has 0 bridgehead atoms. The number of ether oxygens (including phenoxy) is 1. The van der Waals surface area contributed by atoms with Crippen molar-refractivity contribution in [1.29, 1.82) is 0 Å². The Morgan fingerprint density at radius 3 is 3.17 bits per heavy atom. The maximum Gasteiger partial charge on any atom is 0.323 e. The molecule has 0 amide bonds. The molecule has 1 aliphatic rings. The van der Waals surface area contributed by atoms with E-state index in [2.05, 4.69) is 11.9 Å². The lowest BCUT2D eigenvalue weighted by Gasteiger charge is -2.23. The van der Waals surface area contributed by atoms with Gasteiger partial charge in [-0.2, -0.15) is 0 Å². The van der Waals surface area contributed by atoms with Crippen LogP contribution in [0.5, 0.6) is 0 Å². The number of carbonyl (C=O) groups excluding carboxylic acids is 1. The molecule has 0 radical (unpaired) electrons. The first kappa shape index (κ1) is 9.26. The minimum absolute atomic E-state index is 0.154. The summed E-state index contributed by atoms with van der Waals surface area (Å²) in [6.45, 7) is 6.96. The Morgan fingerprint density at radius 2 is 2.58 bits per heavy atom. The number of rotatable bonds is 2. The Bertz CT molecular complexity index is 189. The average molecular weight is 169 g/mol. The summed E-state index contributed by atoms with van der Waals surface area (Å²) in [4.78, 5) is 11.2. The Hall–Kier alpha value is -0.830. The fraction of sp³-hybridized carbons (Fsp3) is 0.667. The van der Waals surface area contributed by atoms with E-state index in [1.165, 1.54) is 0 Å². The molecular weight excluding hydrogens is 154 g/mol. The van der Waals surface area contributed by atoms with Crippen molar-refractivity contribution in [3.05, 3.63) is 12.2 Å². The van der Waals surface area contributed by atoms with E-state index in [0.717, 1.165) is 25.0 Å². The van der Waals surface area contributed by atoms with Crippen LogP contribution in [0.3, 0.4) is 0 Å². The summed E-state index contributed by atoms with van der Waals surface area (Å²) in [5, 5.41) is 3.10. The molecule has 1 fully saturated rings. The quantitative estimate of drug-likeness (QED) is 0.492. The summed E-state index contributed by atoms with van der Waals surface area (Å²) in [5.41, 5.74) is 1.13. The minimum Gasteiger partial charge on any atom is -0.465 e. The van der Waals surface area contributed by atoms with Crippen LogP contribution in [0.25, 0.3) is 0 Å². The average Bonchev–Trinajstić information content (AvgIpc) is 2.05. The Kier molecular flexibility index (Phi) is 3.29. The third-order valence-corrected chi connectivity index (χ3v) is 1.93. The number of nitrogens with one attached hydrogen (secondary N) is 1. The van der Waals surface area contributed by atoms with Gasteiger partial charge in [-0.25, -0.2) is 0 Å². The molecule has 3 heteroatoms. The predicted molar refractivity (Wildman–Crippen MR) is 46.8 cm³/mol. The first-order chi connectivity index (χ1) is 5.74. The Morgan fingerprint density at radius 1 is 1.83 bits per heavy atom. The lowest BCUT2D eigenvalue weighted by Crippen LogP contribution is -2.42. The van der Waals surface area contributed by atoms with Crippen LogP contribution in [0.2, 0.25) is 0 Å².